The summed E-state index contributed by atoms with van der Waals surface area (Å²) in [6.45, 7) is 8.41. The fraction of sp³-hybridized carbons (Fsp3) is 0.526. The molecule has 0 saturated heterocycles. The van der Waals surface area contributed by atoms with Gasteiger partial charge in [-0.25, -0.2) is 0 Å². The highest BCUT2D eigenvalue weighted by Crippen LogP contribution is 2.31. The second kappa shape index (κ2) is 9.44. The summed E-state index contributed by atoms with van der Waals surface area (Å²) in [6.07, 6.45) is 0. The second-order valence-electron chi connectivity index (χ2n) is 7.50. The summed E-state index contributed by atoms with van der Waals surface area (Å²) in [5.41, 5.74) is 0.946. The third-order valence-electron chi connectivity index (χ3n) is 4.11. The maximum atomic E-state index is 5.65. The number of halogens is 1. The first kappa shape index (κ1) is 22.3. The first-order valence-corrected chi connectivity index (χ1v) is 9.00. The number of nitrogens with one attached hydrogen (secondary N) is 1. The van der Waals surface area contributed by atoms with Gasteiger partial charge in [-0.3, -0.25) is 4.99 Å². The van der Waals surface area contributed by atoms with Crippen LogP contribution in [0.5, 0.6) is 11.5 Å². The molecule has 0 fully saturated rings. The number of fused-ring (bicyclic) bond motifs is 1. The van der Waals surface area contributed by atoms with Crippen molar-refractivity contribution in [3.8, 4) is 11.5 Å². The monoisotopic (exact) mass is 501 g/mol. The Morgan fingerprint density at radius 1 is 1.21 bits per heavy atom. The Labute approximate surface area is 182 Å². The van der Waals surface area contributed by atoms with Crippen molar-refractivity contribution in [1.82, 2.24) is 20.4 Å². The Morgan fingerprint density at radius 2 is 1.93 bits per heavy atom. The average molecular weight is 501 g/mol. The Morgan fingerprint density at radius 3 is 2.57 bits per heavy atom. The zero-order valence-corrected chi connectivity index (χ0v) is 19.3. The lowest BCUT2D eigenvalue weighted by Crippen LogP contribution is -2.38. The highest BCUT2D eigenvalue weighted by Gasteiger charge is 2.22. The minimum Gasteiger partial charge on any atom is -0.486 e. The summed E-state index contributed by atoms with van der Waals surface area (Å²) in [5.74, 6) is 3.55. The van der Waals surface area contributed by atoms with E-state index in [0.29, 0.717) is 38.0 Å². The van der Waals surface area contributed by atoms with E-state index in [-0.39, 0.29) is 29.4 Å². The van der Waals surface area contributed by atoms with Crippen molar-refractivity contribution in [2.75, 3.05) is 27.3 Å². The van der Waals surface area contributed by atoms with E-state index >= 15 is 0 Å². The van der Waals surface area contributed by atoms with Gasteiger partial charge in [0, 0.05) is 26.1 Å². The highest BCUT2D eigenvalue weighted by atomic mass is 127. The lowest BCUT2D eigenvalue weighted by molar-refractivity contribution is 0.171. The van der Waals surface area contributed by atoms with Crippen LogP contribution in [-0.2, 0) is 18.5 Å². The average Bonchev–Trinajstić information content (AvgIpc) is 3.11. The van der Waals surface area contributed by atoms with E-state index in [1.807, 2.05) is 50.9 Å². The van der Waals surface area contributed by atoms with Crippen molar-refractivity contribution in [2.24, 2.45) is 4.99 Å². The van der Waals surface area contributed by atoms with Crippen molar-refractivity contribution in [3.05, 3.63) is 35.5 Å². The summed E-state index contributed by atoms with van der Waals surface area (Å²) in [7, 11) is 3.72. The first-order valence-electron chi connectivity index (χ1n) is 9.00. The van der Waals surface area contributed by atoms with Crippen LogP contribution in [0.15, 0.2) is 27.7 Å². The van der Waals surface area contributed by atoms with Crippen molar-refractivity contribution >= 4 is 29.9 Å². The zero-order valence-electron chi connectivity index (χ0n) is 17.0. The van der Waals surface area contributed by atoms with E-state index in [9.17, 15) is 0 Å². The summed E-state index contributed by atoms with van der Waals surface area (Å²) in [6, 6.07) is 5.99. The van der Waals surface area contributed by atoms with E-state index in [0.717, 1.165) is 23.0 Å². The van der Waals surface area contributed by atoms with Crippen LogP contribution < -0.4 is 14.8 Å². The molecule has 1 N–H and O–H groups in total. The van der Waals surface area contributed by atoms with E-state index in [1.165, 1.54) is 0 Å². The molecule has 1 aliphatic rings. The molecule has 1 aliphatic heterocycles. The number of aliphatic imine (C=N–C) groups is 1. The van der Waals surface area contributed by atoms with E-state index in [1.54, 1.807) is 7.05 Å². The lowest BCUT2D eigenvalue weighted by Gasteiger charge is -2.23. The molecule has 1 aromatic carbocycles. The van der Waals surface area contributed by atoms with Gasteiger partial charge in [0.05, 0.1) is 6.54 Å². The third-order valence-corrected chi connectivity index (χ3v) is 4.11. The summed E-state index contributed by atoms with van der Waals surface area (Å²) in [5, 5.41) is 7.30. The molecule has 1 aromatic heterocycles. The van der Waals surface area contributed by atoms with E-state index in [2.05, 4.69) is 20.4 Å². The number of hydrogen-bond acceptors (Lipinski definition) is 6. The topological polar surface area (TPSA) is 85.0 Å². The lowest BCUT2D eigenvalue weighted by atomic mass is 9.97. The predicted molar refractivity (Wildman–Crippen MR) is 118 cm³/mol. The van der Waals surface area contributed by atoms with Crippen LogP contribution >= 0.6 is 24.0 Å². The number of guanidine groups is 1. The summed E-state index contributed by atoms with van der Waals surface area (Å²) < 4.78 is 16.5. The molecule has 28 heavy (non-hydrogen) atoms. The molecule has 0 radical (unpaired) electrons. The summed E-state index contributed by atoms with van der Waals surface area (Å²) in [4.78, 5) is 10.8. The fourth-order valence-electron chi connectivity index (χ4n) is 2.71. The van der Waals surface area contributed by atoms with Crippen molar-refractivity contribution in [2.45, 2.75) is 39.3 Å². The smallest absolute Gasteiger partial charge is 0.232 e. The number of benzene rings is 1. The molecule has 0 atom stereocenters. The normalized spacial score (nSPS) is 13.7. The molecule has 8 nitrogen and oxygen atoms in total. The number of nitrogens with zero attached hydrogens (tertiary/aromatic N) is 4. The number of ether oxygens (including phenoxy) is 2. The third kappa shape index (κ3) is 5.49. The minimum absolute atomic E-state index is 0. The van der Waals surface area contributed by atoms with Gasteiger partial charge in [0.15, 0.2) is 23.3 Å². The predicted octanol–water partition coefficient (Wildman–Crippen LogP) is 2.96. The molecule has 0 saturated carbocycles. The first-order chi connectivity index (χ1) is 12.9. The van der Waals surface area contributed by atoms with Crippen LogP contribution in [0.2, 0.25) is 0 Å². The molecule has 0 bridgehead atoms. The molecule has 0 spiro atoms. The highest BCUT2D eigenvalue weighted by molar-refractivity contribution is 14.0. The number of hydrogen-bond donors (Lipinski definition) is 1. The molecule has 0 aliphatic carbocycles. The van der Waals surface area contributed by atoms with Gasteiger partial charge in [0.2, 0.25) is 5.89 Å². The second-order valence-corrected chi connectivity index (χ2v) is 7.50. The Hall–Kier alpha value is -2.04. The molecular formula is C19H28IN5O3. The number of rotatable bonds is 4. The van der Waals surface area contributed by atoms with Crippen molar-refractivity contribution in [3.63, 3.8) is 0 Å². The van der Waals surface area contributed by atoms with Gasteiger partial charge >= 0.3 is 0 Å². The zero-order chi connectivity index (χ0) is 19.4. The van der Waals surface area contributed by atoms with Crippen molar-refractivity contribution in [1.29, 1.82) is 0 Å². The van der Waals surface area contributed by atoms with Gasteiger partial charge in [-0.05, 0) is 17.7 Å². The molecule has 2 aromatic rings. The molecule has 9 heteroatoms. The Kier molecular flexibility index (Phi) is 7.50. The van der Waals surface area contributed by atoms with Crippen molar-refractivity contribution < 1.29 is 14.0 Å². The standard InChI is InChI=1S/C19H27N5O3.HI/c1-19(2,3)17-22-16(23-27-17)11-21-18(20-4)24(5)12-13-6-7-14-15(10-13)26-9-8-25-14;/h6-7,10H,8-9,11-12H2,1-5H3,(H,20,21);1H. The van der Waals surface area contributed by atoms with Gasteiger partial charge in [-0.1, -0.05) is 32.0 Å². The van der Waals surface area contributed by atoms with Gasteiger partial charge in [0.1, 0.15) is 13.2 Å². The SMILES string of the molecule is CN=C(NCc1noc(C(C)(C)C)n1)N(C)Cc1ccc2c(c1)OCCO2.I. The fourth-order valence-corrected chi connectivity index (χ4v) is 2.71. The van der Waals surface area contributed by atoms with Crippen LogP contribution in [0.25, 0.3) is 0 Å². The maximum absolute atomic E-state index is 5.65. The molecular weight excluding hydrogens is 473 g/mol. The quantitative estimate of drug-likeness (QED) is 0.392. The molecule has 3 rings (SSSR count). The van der Waals surface area contributed by atoms with E-state index < -0.39 is 0 Å². The summed E-state index contributed by atoms with van der Waals surface area (Å²) >= 11 is 0. The van der Waals surface area contributed by atoms with Gasteiger partial charge in [-0.2, -0.15) is 4.98 Å². The van der Waals surface area contributed by atoms with Gasteiger partial charge in [-0.15, -0.1) is 24.0 Å². The van der Waals surface area contributed by atoms with Crippen LogP contribution in [0, 0.1) is 0 Å². The molecule has 0 amide bonds. The van der Waals surface area contributed by atoms with Crippen LogP contribution in [-0.4, -0.2) is 48.3 Å². The maximum Gasteiger partial charge on any atom is 0.232 e. The minimum atomic E-state index is -0.165. The Balaban J connectivity index is 0.00000280. The molecule has 2 heterocycles. The van der Waals surface area contributed by atoms with E-state index in [4.69, 9.17) is 14.0 Å². The van der Waals surface area contributed by atoms with Gasteiger partial charge in [0.25, 0.3) is 0 Å². The largest absolute Gasteiger partial charge is 0.486 e. The molecule has 154 valence electrons. The number of aromatic nitrogens is 2. The van der Waals surface area contributed by atoms with Gasteiger partial charge < -0.3 is 24.2 Å². The van der Waals surface area contributed by atoms with Crippen LogP contribution in [0.3, 0.4) is 0 Å². The molecule has 0 unspecified atom stereocenters. The Bertz CT molecular complexity index is 816. The van der Waals surface area contributed by atoms with Crippen LogP contribution in [0.1, 0.15) is 38.0 Å². The van der Waals surface area contributed by atoms with Crippen LogP contribution in [0.4, 0.5) is 0 Å².